The van der Waals surface area contributed by atoms with E-state index in [9.17, 15) is 39.9 Å². The molecule has 0 heterocycles. The Morgan fingerprint density at radius 3 is 1.30 bits per heavy atom. The summed E-state index contributed by atoms with van der Waals surface area (Å²) in [6, 6.07) is 11.5. The zero-order valence-electron chi connectivity index (χ0n) is 17.0. The number of aromatic carboxylic acids is 1. The zero-order valence-corrected chi connectivity index (χ0v) is 17.0. The first-order valence-corrected chi connectivity index (χ1v) is 9.51. The van der Waals surface area contributed by atoms with Crippen molar-refractivity contribution in [1.29, 1.82) is 0 Å². The van der Waals surface area contributed by atoms with Crippen molar-refractivity contribution in [3.05, 3.63) is 94.6 Å². The van der Waals surface area contributed by atoms with Gasteiger partial charge in [0.25, 0.3) is 0 Å². The average Bonchev–Trinajstić information content (AvgIpc) is 2.79. The van der Waals surface area contributed by atoms with Gasteiger partial charge in [0.05, 0.1) is 5.56 Å². The van der Waals surface area contributed by atoms with Crippen LogP contribution in [0.1, 0.15) is 42.2 Å². The van der Waals surface area contributed by atoms with Crippen molar-refractivity contribution in [1.82, 2.24) is 0 Å². The first kappa shape index (κ1) is 22.8. The van der Waals surface area contributed by atoms with E-state index in [4.69, 9.17) is 0 Å². The van der Waals surface area contributed by atoms with Crippen LogP contribution in [0.25, 0.3) is 12.2 Å². The van der Waals surface area contributed by atoms with Crippen LogP contribution in [-0.2, 0) is 0 Å². The average molecular weight is 446 g/mol. The summed E-state index contributed by atoms with van der Waals surface area (Å²) in [5.74, 6) is -3.83. The van der Waals surface area contributed by atoms with Crippen LogP contribution < -0.4 is 0 Å². The first-order chi connectivity index (χ1) is 15.6. The maximum atomic E-state index is 12.6. The molecule has 0 saturated heterocycles. The minimum absolute atomic E-state index is 0.0341. The Morgan fingerprint density at radius 2 is 0.939 bits per heavy atom. The molecule has 0 atom stereocenters. The molecule has 0 amide bonds. The Kier molecular flexibility index (Phi) is 6.59. The minimum atomic E-state index is -1.32. The number of carbonyl (C=O) groups excluding carboxylic acids is 2. The molecule has 0 saturated carbocycles. The van der Waals surface area contributed by atoms with E-state index in [1.54, 1.807) is 0 Å². The fourth-order valence-corrected chi connectivity index (χ4v) is 2.86. The van der Waals surface area contributed by atoms with E-state index in [2.05, 4.69) is 0 Å². The highest BCUT2D eigenvalue weighted by Gasteiger charge is 2.14. The third-order valence-electron chi connectivity index (χ3n) is 4.60. The number of hydrogen-bond donors (Lipinski definition) is 5. The van der Waals surface area contributed by atoms with Gasteiger partial charge in [0.15, 0.2) is 34.6 Å². The second-order valence-corrected chi connectivity index (χ2v) is 7.00. The number of hydrogen-bond acceptors (Lipinski definition) is 7. The lowest BCUT2D eigenvalue weighted by Crippen LogP contribution is -2.06. The normalized spacial score (nSPS) is 11.2. The van der Waals surface area contributed by atoms with Crippen LogP contribution in [0.2, 0.25) is 0 Å². The predicted molar refractivity (Wildman–Crippen MR) is 120 cm³/mol. The van der Waals surface area contributed by atoms with Gasteiger partial charge in [-0.1, -0.05) is 24.3 Å². The number of carboxylic acid groups (broad SMARTS) is 1. The Hall–Kier alpha value is -4.85. The van der Waals surface area contributed by atoms with Gasteiger partial charge in [-0.15, -0.1) is 0 Å². The number of allylic oxidation sites excluding steroid dienone is 2. The monoisotopic (exact) mass is 446 g/mol. The molecular formula is C25H18O8. The lowest BCUT2D eigenvalue weighted by Gasteiger charge is -2.04. The van der Waals surface area contributed by atoms with Crippen molar-refractivity contribution in [2.45, 2.75) is 0 Å². The van der Waals surface area contributed by atoms with Gasteiger partial charge in [-0.3, -0.25) is 9.59 Å². The van der Waals surface area contributed by atoms with Gasteiger partial charge >= 0.3 is 5.97 Å². The summed E-state index contributed by atoms with van der Waals surface area (Å²) in [6.45, 7) is 0. The maximum absolute atomic E-state index is 12.6. The van der Waals surface area contributed by atoms with E-state index in [1.165, 1.54) is 54.6 Å². The smallest absolute Gasteiger partial charge is 0.335 e. The maximum Gasteiger partial charge on any atom is 0.335 e. The largest absolute Gasteiger partial charge is 0.504 e. The van der Waals surface area contributed by atoms with Gasteiger partial charge in [0, 0.05) is 11.1 Å². The van der Waals surface area contributed by atoms with E-state index in [1.807, 2.05) is 0 Å². The molecule has 0 aliphatic carbocycles. The molecule has 0 radical (unpaired) electrons. The molecule has 0 aliphatic heterocycles. The van der Waals surface area contributed by atoms with Crippen LogP contribution in [0.3, 0.4) is 0 Å². The van der Waals surface area contributed by atoms with Crippen molar-refractivity contribution in [3.8, 4) is 23.0 Å². The molecule has 0 unspecified atom stereocenters. The molecule has 8 heteroatoms. The van der Waals surface area contributed by atoms with Crippen molar-refractivity contribution < 1.29 is 39.9 Å². The Balaban J connectivity index is 1.88. The summed E-state index contributed by atoms with van der Waals surface area (Å²) in [5.41, 5.74) is 0.519. The number of carboxylic acids is 1. The van der Waals surface area contributed by atoms with Crippen LogP contribution >= 0.6 is 0 Å². The second-order valence-electron chi connectivity index (χ2n) is 7.00. The van der Waals surface area contributed by atoms with E-state index in [0.29, 0.717) is 11.1 Å². The van der Waals surface area contributed by atoms with Crippen molar-refractivity contribution in [2.75, 3.05) is 0 Å². The molecule has 3 aromatic carbocycles. The van der Waals surface area contributed by atoms with Crippen LogP contribution in [0.15, 0.2) is 66.7 Å². The SMILES string of the molecule is O=C(O)c1cc(C(=O)C=Cc2ccc(O)c(O)c2)cc(C(=O)C=Cc2ccc(O)c(O)c2)c1. The van der Waals surface area contributed by atoms with Crippen LogP contribution in [0.5, 0.6) is 23.0 Å². The lowest BCUT2D eigenvalue weighted by atomic mass is 9.99. The van der Waals surface area contributed by atoms with Gasteiger partial charge in [0.1, 0.15) is 0 Å². The van der Waals surface area contributed by atoms with Crippen LogP contribution in [-0.4, -0.2) is 43.1 Å². The quantitative estimate of drug-likeness (QED) is 0.207. The minimum Gasteiger partial charge on any atom is -0.504 e. The highest BCUT2D eigenvalue weighted by atomic mass is 16.4. The molecule has 0 aromatic heterocycles. The van der Waals surface area contributed by atoms with Gasteiger partial charge in [-0.2, -0.15) is 0 Å². The summed E-state index contributed by atoms with van der Waals surface area (Å²) in [7, 11) is 0. The third-order valence-corrected chi connectivity index (χ3v) is 4.60. The highest BCUT2D eigenvalue weighted by molar-refractivity contribution is 6.12. The molecule has 5 N–H and O–H groups in total. The lowest BCUT2D eigenvalue weighted by molar-refractivity contribution is 0.0697. The summed E-state index contributed by atoms with van der Waals surface area (Å²) in [4.78, 5) is 36.7. The zero-order chi connectivity index (χ0) is 24.1. The van der Waals surface area contributed by atoms with E-state index < -0.39 is 17.5 Å². The molecule has 166 valence electrons. The van der Waals surface area contributed by atoms with Gasteiger partial charge in [-0.25, -0.2) is 4.79 Å². The summed E-state index contributed by atoms with van der Waals surface area (Å²) < 4.78 is 0. The first-order valence-electron chi connectivity index (χ1n) is 9.51. The molecule has 0 aliphatic rings. The molecule has 3 rings (SSSR count). The third kappa shape index (κ3) is 5.65. The summed E-state index contributed by atoms with van der Waals surface area (Å²) >= 11 is 0. The summed E-state index contributed by atoms with van der Waals surface area (Å²) in [6.07, 6.45) is 5.04. The number of carbonyl (C=O) groups is 3. The number of phenolic OH excluding ortho intramolecular Hbond substituents is 4. The van der Waals surface area contributed by atoms with E-state index in [0.717, 1.165) is 24.3 Å². The van der Waals surface area contributed by atoms with E-state index >= 15 is 0 Å². The Labute approximate surface area is 187 Å². The number of rotatable bonds is 7. The topological polar surface area (TPSA) is 152 Å². The fourth-order valence-electron chi connectivity index (χ4n) is 2.86. The standard InChI is InChI=1S/C25H18O8/c26-19(5-1-14-3-7-21(28)23(30)9-14)16-11-17(13-18(12-16)25(32)33)20(27)6-2-15-4-8-22(29)24(31)10-15/h1-13,28-31H,(H,32,33). The molecule has 8 nitrogen and oxygen atoms in total. The molecule has 33 heavy (non-hydrogen) atoms. The Bertz CT molecular complexity index is 1230. The van der Waals surface area contributed by atoms with Crippen molar-refractivity contribution in [3.63, 3.8) is 0 Å². The number of phenols is 4. The van der Waals surface area contributed by atoms with Crippen LogP contribution in [0.4, 0.5) is 0 Å². The number of aromatic hydroxyl groups is 4. The fraction of sp³-hybridized carbons (Fsp3) is 0. The second kappa shape index (κ2) is 9.52. The molecular weight excluding hydrogens is 428 g/mol. The van der Waals surface area contributed by atoms with Gasteiger partial charge in [0.2, 0.25) is 0 Å². The van der Waals surface area contributed by atoms with Crippen LogP contribution in [0, 0.1) is 0 Å². The molecule has 3 aromatic rings. The van der Waals surface area contributed by atoms with Crippen molar-refractivity contribution in [2.24, 2.45) is 0 Å². The molecule has 0 fully saturated rings. The van der Waals surface area contributed by atoms with Gasteiger partial charge in [-0.05, 0) is 65.7 Å². The van der Waals surface area contributed by atoms with E-state index in [-0.39, 0.29) is 39.7 Å². The number of ketones is 2. The summed E-state index contributed by atoms with van der Waals surface area (Å²) in [5, 5.41) is 47.1. The van der Waals surface area contributed by atoms with Gasteiger partial charge < -0.3 is 25.5 Å². The van der Waals surface area contributed by atoms with Crippen molar-refractivity contribution >= 4 is 29.7 Å². The molecule has 0 spiro atoms. The molecule has 0 bridgehead atoms. The highest BCUT2D eigenvalue weighted by Crippen LogP contribution is 2.26. The predicted octanol–water partition coefficient (Wildman–Crippen LogP) is 4.00. The Morgan fingerprint density at radius 1 is 0.545 bits per heavy atom. The number of benzene rings is 3.